The molecule has 0 aromatic rings. The van der Waals surface area contributed by atoms with Gasteiger partial charge in [0.2, 0.25) is 0 Å². The first-order valence-corrected chi connectivity index (χ1v) is 0. The van der Waals surface area contributed by atoms with Crippen molar-refractivity contribution in [3.05, 3.63) is 0 Å². The Morgan fingerprint density at radius 2 is 0.0189 bits per heavy atom. The van der Waals surface area contributed by atoms with Crippen LogP contribution >= 0.6 is 0 Å². The Morgan fingerprint density at radius 3 is 0.0189 bits per heavy atom. The van der Waals surface area contributed by atoms with Gasteiger partial charge < -0.3 is 0 Å². The molecule has 0 aromatic heterocycles. The molecule has 0 atom stereocenters. The molecule has 0 aliphatic heterocycles. The van der Waals surface area contributed by atoms with Crippen LogP contribution in [0.15, 0.2) is 0 Å². The largest absolute Gasteiger partial charge is 0 e. The molecular formula is Tb53. The third kappa shape index (κ3) is 361. The molecule has 0 rings (SSSR count). The van der Waals surface area contributed by atoms with E-state index < -0.39 is 0 Å². The van der Waals surface area contributed by atoms with E-state index in [0.717, 1.165) is 0 Å². The van der Waals surface area contributed by atoms with Crippen molar-refractivity contribution in [1.29, 1.82) is 0 Å². The molecule has 0 N–H and O–H groups in total. The summed E-state index contributed by atoms with van der Waals surface area (Å²) >= 11 is 0. The van der Waals surface area contributed by atoms with E-state index in [4.69, 9.17) is 0 Å². The van der Waals surface area contributed by atoms with Gasteiger partial charge in [0.1, 0.15) is 0 Å². The Balaban J connectivity index is 0. The normalized spacial score (nSPS) is 0. The van der Waals surface area contributed by atoms with Crippen LogP contribution in [0.1, 0.15) is 0 Å². The number of hydrogen-bond acceptors (Lipinski definition) is 0. The van der Waals surface area contributed by atoms with Crippen molar-refractivity contribution in [2.24, 2.45) is 0 Å². The first-order valence-electron chi connectivity index (χ1n) is 0. The molecular weight excluding hydrogens is 8420 g/mol. The maximum atomic E-state index is 0. The third-order valence-corrected chi connectivity index (χ3v) is 0. The summed E-state index contributed by atoms with van der Waals surface area (Å²) in [4.78, 5) is 0. The Bertz CT molecular complexity index is 0. The molecule has 477 valence electrons. The standard InChI is InChI=1S/53Tb. The third-order valence-electron chi connectivity index (χ3n) is 0. The first kappa shape index (κ1) is 377. The summed E-state index contributed by atoms with van der Waals surface area (Å²) in [6.07, 6.45) is 0. The van der Waals surface area contributed by atoms with Gasteiger partial charge in [0.15, 0.2) is 0 Å². The molecule has 0 fully saturated rings. The van der Waals surface area contributed by atoms with Crippen LogP contribution in [0.3, 0.4) is 0 Å². The van der Waals surface area contributed by atoms with E-state index in [1.54, 1.807) is 0 Å². The molecule has 0 aromatic carbocycles. The second kappa shape index (κ2) is 367. The second-order valence-corrected chi connectivity index (χ2v) is 0. The van der Waals surface area contributed by atoms with Crippen molar-refractivity contribution in [2.45, 2.75) is 0 Å². The van der Waals surface area contributed by atoms with E-state index >= 15 is 0 Å². The monoisotopic (exact) mass is 8420 g/mol. The molecule has 0 aliphatic rings. The summed E-state index contributed by atoms with van der Waals surface area (Å²) in [7, 11) is 0. The molecule has 0 saturated heterocycles. The molecule has 53 radical (unpaired) electrons. The van der Waals surface area contributed by atoms with Gasteiger partial charge in [-0.3, -0.25) is 0 Å². The van der Waals surface area contributed by atoms with Crippen LogP contribution < -0.4 is 0 Å². The van der Waals surface area contributed by atoms with Gasteiger partial charge in [0.05, 0.1) is 0 Å². The zero-order valence-corrected chi connectivity index (χ0v) is 131. The summed E-state index contributed by atoms with van der Waals surface area (Å²) in [5.74, 6) is 0. The van der Waals surface area contributed by atoms with E-state index in [9.17, 15) is 0 Å². The van der Waals surface area contributed by atoms with Crippen molar-refractivity contribution in [3.63, 3.8) is 0 Å². The van der Waals surface area contributed by atoms with Crippen LogP contribution in [0.5, 0.6) is 0 Å². The Kier molecular flexibility index (Phi) is 2610. The molecule has 0 bridgehead atoms. The Hall–Kier alpha value is 68.1. The molecule has 0 spiro atoms. The van der Waals surface area contributed by atoms with Crippen LogP contribution in [-0.2, 0) is 0 Å². The van der Waals surface area contributed by atoms with E-state index in [1.807, 2.05) is 0 Å². The van der Waals surface area contributed by atoms with E-state index in [0.29, 0.717) is 0 Å². The molecule has 53 heteroatoms. The maximum absolute atomic E-state index is 0. The number of hydrogen-bond donors (Lipinski definition) is 0. The van der Waals surface area contributed by atoms with Crippen molar-refractivity contribution in [3.8, 4) is 0 Å². The molecule has 0 unspecified atom stereocenters. The Morgan fingerprint density at radius 1 is 0.0189 bits per heavy atom. The summed E-state index contributed by atoms with van der Waals surface area (Å²) in [6.45, 7) is 0. The van der Waals surface area contributed by atoms with Gasteiger partial charge >= 0.3 is 0 Å². The molecule has 0 aliphatic carbocycles. The summed E-state index contributed by atoms with van der Waals surface area (Å²) in [5, 5.41) is 0. The van der Waals surface area contributed by atoms with Crippen molar-refractivity contribution >= 4 is 0 Å². The topological polar surface area (TPSA) is 0 Å². The van der Waals surface area contributed by atoms with Gasteiger partial charge in [0, 0.05) is 2050 Å². The predicted octanol–water partition coefficient (Wildman–Crippen LogP) is 0. The van der Waals surface area contributed by atoms with Crippen molar-refractivity contribution in [1.82, 2.24) is 0 Å². The van der Waals surface area contributed by atoms with Gasteiger partial charge in [-0.15, -0.1) is 0 Å². The van der Waals surface area contributed by atoms with Gasteiger partial charge in [0.25, 0.3) is 0 Å². The van der Waals surface area contributed by atoms with Gasteiger partial charge in [-0.25, -0.2) is 0 Å². The molecule has 0 saturated carbocycles. The van der Waals surface area contributed by atoms with Gasteiger partial charge in [-0.1, -0.05) is 0 Å². The smallest absolute Gasteiger partial charge is 0 e. The molecule has 0 heterocycles. The zero-order chi connectivity index (χ0) is 0. The van der Waals surface area contributed by atoms with Crippen molar-refractivity contribution < 1.29 is 2050 Å². The van der Waals surface area contributed by atoms with Crippen LogP contribution in [0.4, 0.5) is 0 Å². The minimum atomic E-state index is 0. The summed E-state index contributed by atoms with van der Waals surface area (Å²) in [5.41, 5.74) is 0. The fraction of sp³-hybridized carbons (Fsp3) is 0. The van der Waals surface area contributed by atoms with E-state index in [1.165, 1.54) is 0 Å². The van der Waals surface area contributed by atoms with Crippen LogP contribution in [0.2, 0.25) is 0 Å². The van der Waals surface area contributed by atoms with E-state index in [2.05, 4.69) is 0 Å². The summed E-state index contributed by atoms with van der Waals surface area (Å²) in [6, 6.07) is 0. The zero-order valence-electron chi connectivity index (χ0n) is 17.7. The number of rotatable bonds is 0. The van der Waals surface area contributed by atoms with E-state index in [-0.39, 0.29) is 2050 Å². The quantitative estimate of drug-likeness (QED) is 0.321. The molecule has 53 heavy (non-hydrogen) atoms. The fourth-order valence-electron chi connectivity index (χ4n) is 0. The van der Waals surface area contributed by atoms with Gasteiger partial charge in [-0.2, -0.15) is 0 Å². The SMILES string of the molecule is [Tb].[Tb].[Tb].[Tb].[Tb].[Tb].[Tb].[Tb].[Tb].[Tb].[Tb].[Tb].[Tb].[Tb].[Tb].[Tb].[Tb].[Tb].[Tb].[Tb].[Tb].[Tb].[Tb].[Tb].[Tb].[Tb].[Tb].[Tb].[Tb].[Tb].[Tb].[Tb].[Tb].[Tb].[Tb].[Tb].[Tb].[Tb].[Tb].[Tb].[Tb].[Tb].[Tb].[Tb].[Tb].[Tb].[Tb].[Tb].[Tb].[Tb].[Tb].[Tb].[Tb]. The molecule has 0 nitrogen and oxygen atoms in total. The fourth-order valence-corrected chi connectivity index (χ4v) is 0. The summed E-state index contributed by atoms with van der Waals surface area (Å²) < 4.78 is 0. The Labute approximate surface area is 1960 Å². The second-order valence-electron chi connectivity index (χ2n) is 0. The average molecular weight is 8420 g/mol. The average Bonchev–Trinajstić information content (AvgIpc) is 0. The van der Waals surface area contributed by atoms with Crippen LogP contribution in [0, 0.1) is 2050 Å². The van der Waals surface area contributed by atoms with Gasteiger partial charge in [-0.05, 0) is 0 Å². The first-order chi connectivity index (χ1) is 0. The van der Waals surface area contributed by atoms with Crippen molar-refractivity contribution in [2.75, 3.05) is 0 Å². The predicted molar refractivity (Wildman–Crippen MR) is 0 cm³/mol. The minimum Gasteiger partial charge on any atom is 0 e. The van der Waals surface area contributed by atoms with Crippen LogP contribution in [0.25, 0.3) is 0 Å². The molecule has 0 amide bonds. The maximum Gasteiger partial charge on any atom is 0 e. The minimum absolute atomic E-state index is 0. The van der Waals surface area contributed by atoms with Crippen LogP contribution in [-0.4, -0.2) is 0 Å².